The summed E-state index contributed by atoms with van der Waals surface area (Å²) in [6.07, 6.45) is 0. The number of rotatable bonds is 4. The van der Waals surface area contributed by atoms with Crippen molar-refractivity contribution in [3.63, 3.8) is 0 Å². The predicted molar refractivity (Wildman–Crippen MR) is 72.4 cm³/mol. The second kappa shape index (κ2) is 6.49. The first-order valence-electron chi connectivity index (χ1n) is 7.11. The highest BCUT2D eigenvalue weighted by atomic mass is 16.5. The van der Waals surface area contributed by atoms with Gasteiger partial charge in [-0.3, -0.25) is 9.80 Å². The Kier molecular flexibility index (Phi) is 4.46. The molecule has 0 spiro atoms. The minimum atomic E-state index is 0.732. The zero-order chi connectivity index (χ0) is 13.8. The van der Waals surface area contributed by atoms with Gasteiger partial charge in [0.2, 0.25) is 0 Å². The fourth-order valence-electron chi connectivity index (χ4n) is 2.49. The average molecular weight is 282 g/mol. The summed E-state index contributed by atoms with van der Waals surface area (Å²) in [5.41, 5.74) is 0. The molecule has 0 aliphatic carbocycles. The van der Waals surface area contributed by atoms with E-state index < -0.39 is 0 Å². The van der Waals surface area contributed by atoms with Crippen molar-refractivity contribution >= 4 is 0 Å². The van der Waals surface area contributed by atoms with Crippen molar-refractivity contribution in [1.29, 1.82) is 0 Å². The summed E-state index contributed by atoms with van der Waals surface area (Å²) in [5.74, 6) is 7.74. The van der Waals surface area contributed by atoms with E-state index in [0.29, 0.717) is 0 Å². The Hall–Kier alpha value is -1.22. The molecule has 8 heteroatoms. The van der Waals surface area contributed by atoms with Crippen molar-refractivity contribution in [3.8, 4) is 0 Å². The Labute approximate surface area is 118 Å². The van der Waals surface area contributed by atoms with Gasteiger partial charge in [0, 0.05) is 26.2 Å². The molecule has 3 rings (SSSR count). The number of hydrogen-bond acceptors (Lipinski definition) is 7. The topological polar surface area (TPSA) is 81.7 Å². The van der Waals surface area contributed by atoms with Gasteiger partial charge < -0.3 is 15.3 Å². The Morgan fingerprint density at radius 3 is 1.60 bits per heavy atom. The van der Waals surface area contributed by atoms with Crippen molar-refractivity contribution in [2.24, 2.45) is 0 Å². The van der Waals surface area contributed by atoms with Crippen LogP contribution in [0.5, 0.6) is 0 Å². The molecule has 112 valence electrons. The van der Waals surface area contributed by atoms with E-state index in [-0.39, 0.29) is 0 Å². The molecule has 2 fully saturated rings. The van der Waals surface area contributed by atoms with Crippen molar-refractivity contribution < 1.29 is 9.47 Å². The van der Waals surface area contributed by atoms with E-state index in [1.807, 2.05) is 0 Å². The van der Waals surface area contributed by atoms with Gasteiger partial charge in [-0.15, -0.1) is 10.2 Å². The Morgan fingerprint density at radius 1 is 0.800 bits per heavy atom. The maximum Gasteiger partial charge on any atom is 0.165 e. The van der Waals surface area contributed by atoms with Crippen LogP contribution in [0.3, 0.4) is 0 Å². The van der Waals surface area contributed by atoms with Crippen LogP contribution in [0.25, 0.3) is 0 Å². The number of nitrogens with zero attached hydrogens (tertiary/aromatic N) is 5. The summed E-state index contributed by atoms with van der Waals surface area (Å²) in [5, 5.41) is 8.45. The highest BCUT2D eigenvalue weighted by molar-refractivity contribution is 4.96. The fraction of sp³-hybridized carbons (Fsp3) is 0.833. The Morgan fingerprint density at radius 2 is 1.20 bits per heavy atom. The van der Waals surface area contributed by atoms with E-state index in [1.165, 1.54) is 0 Å². The molecule has 0 unspecified atom stereocenters. The zero-order valence-corrected chi connectivity index (χ0v) is 11.7. The molecule has 0 radical (unpaired) electrons. The van der Waals surface area contributed by atoms with Crippen LogP contribution in [0, 0.1) is 0 Å². The number of nitrogens with two attached hydrogens (primary N) is 1. The second-order valence-corrected chi connectivity index (χ2v) is 5.18. The first-order valence-corrected chi connectivity index (χ1v) is 7.11. The molecule has 0 bridgehead atoms. The number of hydrogen-bond donors (Lipinski definition) is 1. The number of morpholine rings is 2. The third-order valence-electron chi connectivity index (χ3n) is 3.77. The third kappa shape index (κ3) is 3.26. The first kappa shape index (κ1) is 13.7. The molecular weight excluding hydrogens is 260 g/mol. The molecule has 1 aromatic heterocycles. The molecule has 2 aliphatic heterocycles. The van der Waals surface area contributed by atoms with Gasteiger partial charge in [-0.25, -0.2) is 4.68 Å². The van der Waals surface area contributed by atoms with Crippen LogP contribution < -0.4 is 5.84 Å². The monoisotopic (exact) mass is 282 g/mol. The molecule has 20 heavy (non-hydrogen) atoms. The second-order valence-electron chi connectivity index (χ2n) is 5.18. The van der Waals surface area contributed by atoms with Crippen molar-refractivity contribution in [2.75, 3.05) is 58.4 Å². The lowest BCUT2D eigenvalue weighted by atomic mass is 10.4. The van der Waals surface area contributed by atoms with Crippen LogP contribution in [-0.2, 0) is 22.6 Å². The van der Waals surface area contributed by atoms with E-state index in [2.05, 4.69) is 20.0 Å². The maximum absolute atomic E-state index is 6.11. The van der Waals surface area contributed by atoms with Crippen molar-refractivity contribution in [2.45, 2.75) is 13.1 Å². The van der Waals surface area contributed by atoms with Gasteiger partial charge in [-0.1, -0.05) is 0 Å². The van der Waals surface area contributed by atoms with Gasteiger partial charge in [0.1, 0.15) is 0 Å². The molecule has 0 atom stereocenters. The Bertz CT molecular complexity index is 388. The summed E-state index contributed by atoms with van der Waals surface area (Å²) in [6.45, 7) is 8.26. The van der Waals surface area contributed by atoms with Gasteiger partial charge in [0.15, 0.2) is 11.6 Å². The van der Waals surface area contributed by atoms with E-state index in [0.717, 1.165) is 77.3 Å². The predicted octanol–water partition coefficient (Wildman–Crippen LogP) is -1.34. The van der Waals surface area contributed by atoms with Crippen LogP contribution >= 0.6 is 0 Å². The van der Waals surface area contributed by atoms with Crippen LogP contribution in [-0.4, -0.2) is 77.3 Å². The fourth-order valence-corrected chi connectivity index (χ4v) is 2.49. The lowest BCUT2D eigenvalue weighted by Crippen LogP contribution is -2.38. The summed E-state index contributed by atoms with van der Waals surface area (Å²) < 4.78 is 12.3. The maximum atomic E-state index is 6.11. The lowest BCUT2D eigenvalue weighted by molar-refractivity contribution is 0.0316. The highest BCUT2D eigenvalue weighted by Crippen LogP contribution is 2.08. The van der Waals surface area contributed by atoms with Gasteiger partial charge in [0.25, 0.3) is 0 Å². The molecule has 2 aliphatic rings. The van der Waals surface area contributed by atoms with Crippen LogP contribution in [0.2, 0.25) is 0 Å². The van der Waals surface area contributed by atoms with E-state index in [9.17, 15) is 0 Å². The van der Waals surface area contributed by atoms with Gasteiger partial charge in [0.05, 0.1) is 39.5 Å². The number of nitrogen functional groups attached to an aromatic ring is 1. The third-order valence-corrected chi connectivity index (χ3v) is 3.77. The number of ether oxygens (including phenoxy) is 2. The van der Waals surface area contributed by atoms with E-state index in [1.54, 1.807) is 4.68 Å². The van der Waals surface area contributed by atoms with Crippen LogP contribution in [0.1, 0.15) is 11.6 Å². The molecule has 0 saturated carbocycles. The summed E-state index contributed by atoms with van der Waals surface area (Å²) in [7, 11) is 0. The van der Waals surface area contributed by atoms with E-state index in [4.69, 9.17) is 15.3 Å². The summed E-state index contributed by atoms with van der Waals surface area (Å²) in [6, 6.07) is 0. The molecule has 3 heterocycles. The van der Waals surface area contributed by atoms with Gasteiger partial charge in [-0.2, -0.15) is 0 Å². The normalized spacial score (nSPS) is 22.2. The lowest BCUT2D eigenvalue weighted by Gasteiger charge is -2.26. The smallest absolute Gasteiger partial charge is 0.165 e. The van der Waals surface area contributed by atoms with E-state index >= 15 is 0 Å². The van der Waals surface area contributed by atoms with Crippen LogP contribution in [0.4, 0.5) is 0 Å². The number of aromatic nitrogens is 3. The summed E-state index contributed by atoms with van der Waals surface area (Å²) >= 11 is 0. The average Bonchev–Trinajstić information content (AvgIpc) is 2.83. The zero-order valence-electron chi connectivity index (χ0n) is 11.7. The van der Waals surface area contributed by atoms with Gasteiger partial charge >= 0.3 is 0 Å². The molecule has 2 saturated heterocycles. The molecule has 0 aromatic carbocycles. The van der Waals surface area contributed by atoms with Crippen molar-refractivity contribution in [3.05, 3.63) is 11.6 Å². The first-order chi connectivity index (χ1) is 9.83. The minimum Gasteiger partial charge on any atom is -0.379 e. The van der Waals surface area contributed by atoms with Crippen molar-refractivity contribution in [1.82, 2.24) is 24.7 Å². The van der Waals surface area contributed by atoms with Crippen LogP contribution in [0.15, 0.2) is 0 Å². The Balaban J connectivity index is 1.59. The largest absolute Gasteiger partial charge is 0.379 e. The standard InChI is InChI=1S/C12H22N6O2/c13-18-11(9-16-1-5-19-6-2-16)14-15-12(18)10-17-3-7-20-8-4-17/h1-10,13H2. The highest BCUT2D eigenvalue weighted by Gasteiger charge is 2.18. The SMILES string of the molecule is Nn1c(CN2CCOCC2)nnc1CN1CCOCC1. The molecule has 0 amide bonds. The quantitative estimate of drug-likeness (QED) is 0.684. The minimum absolute atomic E-state index is 0.732. The molecule has 1 aromatic rings. The van der Waals surface area contributed by atoms with Gasteiger partial charge in [-0.05, 0) is 0 Å². The molecule has 2 N–H and O–H groups in total. The summed E-state index contributed by atoms with van der Waals surface area (Å²) in [4.78, 5) is 4.57. The molecular formula is C12H22N6O2. The molecule has 8 nitrogen and oxygen atoms in total.